The number of carboxylic acid groups (broad SMARTS) is 2. The lowest BCUT2D eigenvalue weighted by atomic mass is 9.97. The summed E-state index contributed by atoms with van der Waals surface area (Å²) in [5, 5.41) is 22.3. The molecule has 0 radical (unpaired) electrons. The quantitative estimate of drug-likeness (QED) is 0.737. The number of pyridine rings is 1. The fourth-order valence-corrected chi connectivity index (χ4v) is 2.70. The Morgan fingerprint density at radius 2 is 1.95 bits per heavy atom. The first kappa shape index (κ1) is 14.1. The van der Waals surface area contributed by atoms with Gasteiger partial charge in [0.25, 0.3) is 0 Å². The lowest BCUT2D eigenvalue weighted by molar-refractivity contribution is -0.142. The summed E-state index contributed by atoms with van der Waals surface area (Å²) in [5.74, 6) is -2.24. The molecule has 1 aliphatic rings. The van der Waals surface area contributed by atoms with Gasteiger partial charge in [-0.1, -0.05) is 0 Å². The summed E-state index contributed by atoms with van der Waals surface area (Å²) in [6.45, 7) is 1.09. The number of nitrogen functional groups attached to an aromatic ring is 1. The van der Waals surface area contributed by atoms with Gasteiger partial charge in [-0.3, -0.25) is 4.79 Å². The van der Waals surface area contributed by atoms with Gasteiger partial charge in [-0.2, -0.15) is 4.98 Å². The van der Waals surface area contributed by atoms with Crippen LogP contribution in [-0.2, 0) is 4.79 Å². The third-order valence-corrected chi connectivity index (χ3v) is 3.88. The molecule has 22 heavy (non-hydrogen) atoms. The number of anilines is 2. The third kappa shape index (κ3) is 2.41. The predicted octanol–water partition coefficient (Wildman–Crippen LogP) is 0.311. The molecule has 0 unspecified atom stereocenters. The van der Waals surface area contributed by atoms with Crippen molar-refractivity contribution in [2.24, 2.45) is 5.92 Å². The van der Waals surface area contributed by atoms with Crippen LogP contribution in [0.2, 0.25) is 0 Å². The Morgan fingerprint density at radius 1 is 1.27 bits per heavy atom. The van der Waals surface area contributed by atoms with Gasteiger partial charge in [0.2, 0.25) is 5.95 Å². The van der Waals surface area contributed by atoms with Crippen LogP contribution in [0.15, 0.2) is 12.3 Å². The molecule has 2 aromatic rings. The molecule has 3 rings (SSSR count). The molecule has 0 atom stereocenters. The number of aliphatic carboxylic acids is 1. The molecule has 0 aliphatic carbocycles. The maximum atomic E-state index is 11.4. The number of hydrogen-bond donors (Lipinski definition) is 3. The number of aromatic carboxylic acids is 1. The summed E-state index contributed by atoms with van der Waals surface area (Å²) < 4.78 is 1.34. The van der Waals surface area contributed by atoms with Gasteiger partial charge < -0.3 is 20.8 Å². The van der Waals surface area contributed by atoms with Crippen LogP contribution in [0, 0.1) is 5.92 Å². The second-order valence-corrected chi connectivity index (χ2v) is 5.25. The molecule has 0 bridgehead atoms. The fourth-order valence-electron chi connectivity index (χ4n) is 2.70. The topological polar surface area (TPSA) is 134 Å². The summed E-state index contributed by atoms with van der Waals surface area (Å²) in [6.07, 6.45) is 2.71. The molecule has 0 spiro atoms. The Morgan fingerprint density at radius 3 is 2.55 bits per heavy atom. The van der Waals surface area contributed by atoms with Crippen LogP contribution in [-0.4, -0.2) is 49.8 Å². The Bertz CT molecular complexity index is 748. The third-order valence-electron chi connectivity index (χ3n) is 3.88. The molecule has 9 heteroatoms. The van der Waals surface area contributed by atoms with E-state index in [4.69, 9.17) is 10.8 Å². The van der Waals surface area contributed by atoms with E-state index in [9.17, 15) is 14.7 Å². The van der Waals surface area contributed by atoms with E-state index in [2.05, 4.69) is 10.1 Å². The lowest BCUT2D eigenvalue weighted by Crippen LogP contribution is -2.36. The summed E-state index contributed by atoms with van der Waals surface area (Å²) >= 11 is 0. The van der Waals surface area contributed by atoms with Crippen molar-refractivity contribution >= 4 is 29.2 Å². The fraction of sp³-hybridized carbons (Fsp3) is 0.385. The summed E-state index contributed by atoms with van der Waals surface area (Å²) in [7, 11) is 0. The van der Waals surface area contributed by atoms with Crippen molar-refractivity contribution in [3.63, 3.8) is 0 Å². The highest BCUT2D eigenvalue weighted by atomic mass is 16.4. The zero-order valence-corrected chi connectivity index (χ0v) is 11.6. The average Bonchev–Trinajstić information content (AvgIpc) is 2.86. The average molecular weight is 305 g/mol. The number of fused-ring (bicyclic) bond motifs is 1. The largest absolute Gasteiger partial charge is 0.481 e. The SMILES string of the molecule is Nc1nc2c(C(=O)O)cc(N3CCC(C(=O)O)CC3)cn2n1. The second-order valence-electron chi connectivity index (χ2n) is 5.25. The summed E-state index contributed by atoms with van der Waals surface area (Å²) in [6, 6.07) is 1.52. The van der Waals surface area contributed by atoms with Gasteiger partial charge >= 0.3 is 11.9 Å². The van der Waals surface area contributed by atoms with Gasteiger partial charge in [-0.15, -0.1) is 5.10 Å². The van der Waals surface area contributed by atoms with Crippen molar-refractivity contribution in [3.8, 4) is 0 Å². The van der Waals surface area contributed by atoms with Crippen LogP contribution in [0.5, 0.6) is 0 Å². The van der Waals surface area contributed by atoms with Crippen molar-refractivity contribution < 1.29 is 19.8 Å². The molecular formula is C13H15N5O4. The van der Waals surface area contributed by atoms with E-state index in [1.54, 1.807) is 6.20 Å². The first-order valence-electron chi connectivity index (χ1n) is 6.82. The van der Waals surface area contributed by atoms with Crippen molar-refractivity contribution in [2.75, 3.05) is 23.7 Å². The molecule has 4 N–H and O–H groups in total. The van der Waals surface area contributed by atoms with Crippen LogP contribution in [0.1, 0.15) is 23.2 Å². The molecule has 2 aromatic heterocycles. The van der Waals surface area contributed by atoms with E-state index in [1.165, 1.54) is 10.6 Å². The first-order valence-corrected chi connectivity index (χ1v) is 6.82. The molecule has 1 aliphatic heterocycles. The van der Waals surface area contributed by atoms with E-state index in [0.717, 1.165) is 0 Å². The van der Waals surface area contributed by atoms with E-state index >= 15 is 0 Å². The summed E-state index contributed by atoms with van der Waals surface area (Å²) in [4.78, 5) is 28.2. The minimum absolute atomic E-state index is 0.00392. The number of nitrogens with zero attached hydrogens (tertiary/aromatic N) is 4. The van der Waals surface area contributed by atoms with Gasteiger partial charge in [0.15, 0.2) is 5.65 Å². The van der Waals surface area contributed by atoms with Crippen molar-refractivity contribution in [1.29, 1.82) is 0 Å². The molecule has 1 saturated heterocycles. The van der Waals surface area contributed by atoms with E-state index in [1.807, 2.05) is 4.90 Å². The van der Waals surface area contributed by atoms with Crippen LogP contribution in [0.25, 0.3) is 5.65 Å². The lowest BCUT2D eigenvalue weighted by Gasteiger charge is -2.31. The van der Waals surface area contributed by atoms with Crippen molar-refractivity contribution in [2.45, 2.75) is 12.8 Å². The minimum atomic E-state index is -1.11. The van der Waals surface area contributed by atoms with E-state index in [0.29, 0.717) is 31.6 Å². The number of hydrogen-bond acceptors (Lipinski definition) is 6. The van der Waals surface area contributed by atoms with E-state index in [-0.39, 0.29) is 23.1 Å². The van der Waals surface area contributed by atoms with Crippen LogP contribution >= 0.6 is 0 Å². The van der Waals surface area contributed by atoms with Crippen LogP contribution in [0.3, 0.4) is 0 Å². The van der Waals surface area contributed by atoms with Gasteiger partial charge in [0.05, 0.1) is 17.8 Å². The van der Waals surface area contributed by atoms with Gasteiger partial charge in [-0.25, -0.2) is 9.31 Å². The molecule has 3 heterocycles. The minimum Gasteiger partial charge on any atom is -0.481 e. The zero-order chi connectivity index (χ0) is 15.9. The maximum absolute atomic E-state index is 11.4. The molecule has 116 valence electrons. The Balaban J connectivity index is 1.94. The highest BCUT2D eigenvalue weighted by molar-refractivity contribution is 5.95. The van der Waals surface area contributed by atoms with Crippen LogP contribution in [0.4, 0.5) is 11.6 Å². The van der Waals surface area contributed by atoms with E-state index < -0.39 is 11.9 Å². The van der Waals surface area contributed by atoms with Gasteiger partial charge in [0.1, 0.15) is 5.56 Å². The van der Waals surface area contributed by atoms with Crippen molar-refractivity contribution in [3.05, 3.63) is 17.8 Å². The Labute approximate surface area is 125 Å². The smallest absolute Gasteiger partial charge is 0.339 e. The molecular weight excluding hydrogens is 290 g/mol. The monoisotopic (exact) mass is 305 g/mol. The summed E-state index contributed by atoms with van der Waals surface area (Å²) in [5.41, 5.74) is 6.40. The molecule has 0 amide bonds. The zero-order valence-electron chi connectivity index (χ0n) is 11.6. The number of carboxylic acids is 2. The number of nitrogens with two attached hydrogens (primary N) is 1. The molecule has 1 fully saturated rings. The number of carbonyl (C=O) groups is 2. The number of piperidine rings is 1. The second kappa shape index (κ2) is 5.17. The van der Waals surface area contributed by atoms with Gasteiger partial charge in [0, 0.05) is 13.1 Å². The number of aromatic nitrogens is 3. The molecule has 9 nitrogen and oxygen atoms in total. The Kier molecular flexibility index (Phi) is 3.32. The number of rotatable bonds is 3. The van der Waals surface area contributed by atoms with Crippen molar-refractivity contribution in [1.82, 2.24) is 14.6 Å². The normalized spacial score (nSPS) is 16.1. The maximum Gasteiger partial charge on any atom is 0.339 e. The predicted molar refractivity (Wildman–Crippen MR) is 76.9 cm³/mol. The molecule has 0 aromatic carbocycles. The first-order chi connectivity index (χ1) is 10.5. The standard InChI is InChI=1S/C13H15N5O4/c14-13-15-10-9(12(21)22)5-8(6-18(10)16-13)17-3-1-7(2-4-17)11(19)20/h5-7H,1-4H2,(H2,14,16)(H,19,20)(H,21,22). The van der Waals surface area contributed by atoms with Crippen LogP contribution < -0.4 is 10.6 Å². The molecule has 0 saturated carbocycles. The Hall–Kier alpha value is -2.84. The van der Waals surface area contributed by atoms with Gasteiger partial charge in [-0.05, 0) is 18.9 Å². The highest BCUT2D eigenvalue weighted by Gasteiger charge is 2.26. The highest BCUT2D eigenvalue weighted by Crippen LogP contribution is 2.25.